The molecule has 0 bridgehead atoms. The minimum Gasteiger partial charge on any atom is -0.394 e. The lowest BCUT2D eigenvalue weighted by Gasteiger charge is -2.04. The van der Waals surface area contributed by atoms with E-state index in [1.54, 1.807) is 6.92 Å². The number of nitrogens with zero attached hydrogens (tertiary/aromatic N) is 2. The van der Waals surface area contributed by atoms with Gasteiger partial charge in [-0.05, 0) is 19.1 Å². The number of carbonyl (C=O) groups excluding carboxylic acids is 1. The van der Waals surface area contributed by atoms with E-state index in [0.717, 1.165) is 23.5 Å². The molecule has 0 aliphatic heterocycles. The van der Waals surface area contributed by atoms with E-state index >= 15 is 0 Å². The van der Waals surface area contributed by atoms with Crippen LogP contribution in [0.1, 0.15) is 15.4 Å². The summed E-state index contributed by atoms with van der Waals surface area (Å²) in [6, 6.07) is 1.73. The monoisotopic (exact) mass is 270 g/mol. The Labute approximate surface area is 105 Å². The fourth-order valence-electron chi connectivity index (χ4n) is 1.23. The van der Waals surface area contributed by atoms with Gasteiger partial charge < -0.3 is 5.73 Å². The summed E-state index contributed by atoms with van der Waals surface area (Å²) in [4.78, 5) is 11.7. The van der Waals surface area contributed by atoms with Crippen LogP contribution in [-0.2, 0) is 0 Å². The first-order valence-corrected chi connectivity index (χ1v) is 5.65. The SMILES string of the molecule is Cc1nnc(NC(=O)c2cc(F)c(N)c(F)c2)s1. The Morgan fingerprint density at radius 2 is 1.94 bits per heavy atom. The molecule has 0 aliphatic carbocycles. The van der Waals surface area contributed by atoms with Crippen LogP contribution in [-0.4, -0.2) is 16.1 Å². The lowest BCUT2D eigenvalue weighted by molar-refractivity contribution is 0.102. The fourth-order valence-corrected chi connectivity index (χ4v) is 1.82. The second-order valence-electron chi connectivity index (χ2n) is 3.43. The van der Waals surface area contributed by atoms with Gasteiger partial charge in [0.15, 0.2) is 0 Å². The number of aromatic nitrogens is 2. The number of nitrogens with two attached hydrogens (primary N) is 1. The molecule has 18 heavy (non-hydrogen) atoms. The normalized spacial score (nSPS) is 10.4. The van der Waals surface area contributed by atoms with E-state index in [1.165, 1.54) is 0 Å². The third-order valence-corrected chi connectivity index (χ3v) is 2.84. The Hall–Kier alpha value is -2.09. The predicted octanol–water partition coefficient (Wildman–Crippen LogP) is 1.96. The van der Waals surface area contributed by atoms with Crippen molar-refractivity contribution in [2.45, 2.75) is 6.92 Å². The van der Waals surface area contributed by atoms with Crippen molar-refractivity contribution in [3.05, 3.63) is 34.3 Å². The van der Waals surface area contributed by atoms with Gasteiger partial charge in [0.25, 0.3) is 5.91 Å². The molecular formula is C10H8F2N4OS. The van der Waals surface area contributed by atoms with Crippen LogP contribution in [0.15, 0.2) is 12.1 Å². The van der Waals surface area contributed by atoms with Crippen LogP contribution in [0.25, 0.3) is 0 Å². The van der Waals surface area contributed by atoms with Crippen LogP contribution < -0.4 is 11.1 Å². The van der Waals surface area contributed by atoms with Crippen molar-refractivity contribution in [3.8, 4) is 0 Å². The quantitative estimate of drug-likeness (QED) is 0.817. The summed E-state index contributed by atoms with van der Waals surface area (Å²) in [5.41, 5.74) is 4.32. The summed E-state index contributed by atoms with van der Waals surface area (Å²) in [5.74, 6) is -2.63. The van der Waals surface area contributed by atoms with Crippen LogP contribution >= 0.6 is 11.3 Å². The maximum Gasteiger partial charge on any atom is 0.257 e. The summed E-state index contributed by atoms with van der Waals surface area (Å²) in [6.07, 6.45) is 0. The van der Waals surface area contributed by atoms with Gasteiger partial charge in [-0.25, -0.2) is 8.78 Å². The number of nitrogen functional groups attached to an aromatic ring is 1. The fraction of sp³-hybridized carbons (Fsp3) is 0.100. The van der Waals surface area contributed by atoms with Crippen molar-refractivity contribution < 1.29 is 13.6 Å². The molecule has 0 saturated heterocycles. The Kier molecular flexibility index (Phi) is 3.19. The van der Waals surface area contributed by atoms with Crippen LogP contribution in [0.5, 0.6) is 0 Å². The van der Waals surface area contributed by atoms with E-state index < -0.39 is 23.2 Å². The van der Waals surface area contributed by atoms with Crippen LogP contribution in [0, 0.1) is 18.6 Å². The summed E-state index contributed by atoms with van der Waals surface area (Å²) in [5, 5.41) is 10.7. The number of aryl methyl sites for hydroxylation is 1. The van der Waals surface area contributed by atoms with E-state index in [4.69, 9.17) is 5.73 Å². The minimum atomic E-state index is -0.978. The summed E-state index contributed by atoms with van der Waals surface area (Å²) in [6.45, 7) is 1.72. The number of hydrogen-bond donors (Lipinski definition) is 2. The molecule has 1 aromatic carbocycles. The average molecular weight is 270 g/mol. The summed E-state index contributed by atoms with van der Waals surface area (Å²) < 4.78 is 26.3. The summed E-state index contributed by atoms with van der Waals surface area (Å²) in [7, 11) is 0. The lowest BCUT2D eigenvalue weighted by Crippen LogP contribution is -2.13. The van der Waals surface area contributed by atoms with Crippen molar-refractivity contribution in [1.82, 2.24) is 10.2 Å². The highest BCUT2D eigenvalue weighted by Crippen LogP contribution is 2.19. The molecule has 0 aliphatic rings. The highest BCUT2D eigenvalue weighted by molar-refractivity contribution is 7.15. The maximum atomic E-state index is 13.2. The third-order valence-electron chi connectivity index (χ3n) is 2.09. The molecule has 8 heteroatoms. The molecule has 0 fully saturated rings. The largest absolute Gasteiger partial charge is 0.394 e. The molecule has 0 unspecified atom stereocenters. The highest BCUT2D eigenvalue weighted by atomic mass is 32.1. The van der Waals surface area contributed by atoms with E-state index in [0.29, 0.717) is 5.01 Å². The molecule has 0 saturated carbocycles. The minimum absolute atomic E-state index is 0.174. The number of hydrogen-bond acceptors (Lipinski definition) is 5. The Morgan fingerprint density at radius 1 is 1.33 bits per heavy atom. The van der Waals surface area contributed by atoms with Gasteiger partial charge in [-0.2, -0.15) is 0 Å². The maximum absolute atomic E-state index is 13.2. The molecule has 3 N–H and O–H groups in total. The van der Waals surface area contributed by atoms with Crippen molar-refractivity contribution in [1.29, 1.82) is 0 Å². The number of benzene rings is 1. The van der Waals surface area contributed by atoms with Gasteiger partial charge in [0.1, 0.15) is 22.3 Å². The molecule has 0 spiro atoms. The first-order chi connectivity index (χ1) is 8.47. The molecular weight excluding hydrogens is 262 g/mol. The molecule has 5 nitrogen and oxygen atoms in total. The van der Waals surface area contributed by atoms with Crippen molar-refractivity contribution in [2.75, 3.05) is 11.1 Å². The zero-order valence-electron chi connectivity index (χ0n) is 9.20. The molecule has 94 valence electrons. The first kappa shape index (κ1) is 12.4. The van der Waals surface area contributed by atoms with Gasteiger partial charge in [0, 0.05) is 5.56 Å². The van der Waals surface area contributed by atoms with Crippen LogP contribution in [0.4, 0.5) is 19.6 Å². The Morgan fingerprint density at radius 3 is 2.44 bits per heavy atom. The third kappa shape index (κ3) is 2.43. The van der Waals surface area contributed by atoms with Gasteiger partial charge >= 0.3 is 0 Å². The number of amides is 1. The summed E-state index contributed by atoms with van der Waals surface area (Å²) >= 11 is 1.16. The molecule has 1 amide bonds. The average Bonchev–Trinajstić information content (AvgIpc) is 2.71. The second kappa shape index (κ2) is 4.65. The van der Waals surface area contributed by atoms with E-state index in [2.05, 4.69) is 15.5 Å². The number of nitrogens with one attached hydrogen (secondary N) is 1. The van der Waals surface area contributed by atoms with Gasteiger partial charge in [-0.3, -0.25) is 10.1 Å². The van der Waals surface area contributed by atoms with Crippen molar-refractivity contribution in [3.63, 3.8) is 0 Å². The first-order valence-electron chi connectivity index (χ1n) is 4.83. The molecule has 0 radical (unpaired) electrons. The number of rotatable bonds is 2. The second-order valence-corrected chi connectivity index (χ2v) is 4.62. The number of carbonyl (C=O) groups is 1. The van der Waals surface area contributed by atoms with Gasteiger partial charge in [-0.1, -0.05) is 11.3 Å². The van der Waals surface area contributed by atoms with Gasteiger partial charge in [-0.15, -0.1) is 10.2 Å². The number of halogens is 2. The van der Waals surface area contributed by atoms with Crippen LogP contribution in [0.3, 0.4) is 0 Å². The molecule has 1 heterocycles. The zero-order chi connectivity index (χ0) is 13.3. The standard InChI is InChI=1S/C10H8F2N4OS/c1-4-15-16-10(18-4)14-9(17)5-2-6(11)8(13)7(12)3-5/h2-3H,13H2,1H3,(H,14,16,17). The molecule has 0 atom stereocenters. The topological polar surface area (TPSA) is 80.9 Å². The predicted molar refractivity (Wildman–Crippen MR) is 63.4 cm³/mol. The van der Waals surface area contributed by atoms with Gasteiger partial charge in [0.2, 0.25) is 5.13 Å². The van der Waals surface area contributed by atoms with E-state index in [-0.39, 0.29) is 10.7 Å². The number of anilines is 2. The van der Waals surface area contributed by atoms with E-state index in [1.807, 2.05) is 0 Å². The smallest absolute Gasteiger partial charge is 0.257 e. The molecule has 2 rings (SSSR count). The van der Waals surface area contributed by atoms with Crippen LogP contribution in [0.2, 0.25) is 0 Å². The van der Waals surface area contributed by atoms with Crippen molar-refractivity contribution in [2.24, 2.45) is 0 Å². The highest BCUT2D eigenvalue weighted by Gasteiger charge is 2.14. The van der Waals surface area contributed by atoms with Crippen molar-refractivity contribution >= 4 is 28.1 Å². The Balaban J connectivity index is 2.24. The lowest BCUT2D eigenvalue weighted by atomic mass is 10.2. The van der Waals surface area contributed by atoms with Gasteiger partial charge in [0.05, 0.1) is 0 Å². The van der Waals surface area contributed by atoms with E-state index in [9.17, 15) is 13.6 Å². The zero-order valence-corrected chi connectivity index (χ0v) is 10.0. The molecule has 2 aromatic rings. The molecule has 1 aromatic heterocycles. The Bertz CT molecular complexity index is 591.